The predicted molar refractivity (Wildman–Crippen MR) is 100 cm³/mol. The highest BCUT2D eigenvalue weighted by Gasteiger charge is 2.07. The van der Waals surface area contributed by atoms with E-state index < -0.39 is 0 Å². The van der Waals surface area contributed by atoms with Crippen LogP contribution < -0.4 is 15.4 Å². The van der Waals surface area contributed by atoms with Crippen LogP contribution in [0, 0.1) is 0 Å². The van der Waals surface area contributed by atoms with Crippen molar-refractivity contribution < 1.29 is 9.53 Å². The number of methoxy groups -OCH3 is 1. The number of carbonyl (C=O) groups excluding carboxylic acids is 1. The van der Waals surface area contributed by atoms with Crippen LogP contribution in [0.25, 0.3) is 0 Å². The number of hydrogen-bond acceptors (Lipinski definition) is 5. The van der Waals surface area contributed by atoms with Crippen LogP contribution >= 0.6 is 0 Å². The van der Waals surface area contributed by atoms with Crippen LogP contribution in [0.3, 0.4) is 0 Å². The number of ether oxygens (including phenoxy) is 1. The van der Waals surface area contributed by atoms with Gasteiger partial charge in [0.05, 0.1) is 18.4 Å². The minimum absolute atomic E-state index is 0.119. The Morgan fingerprint density at radius 1 is 1.20 bits per heavy atom. The van der Waals surface area contributed by atoms with Crippen LogP contribution in [0.5, 0.6) is 5.75 Å². The van der Waals surface area contributed by atoms with E-state index in [-0.39, 0.29) is 5.91 Å². The summed E-state index contributed by atoms with van der Waals surface area (Å²) < 4.78 is 5.21. The van der Waals surface area contributed by atoms with Gasteiger partial charge in [-0.3, -0.25) is 9.78 Å². The maximum absolute atomic E-state index is 12.3. The van der Waals surface area contributed by atoms with Crippen LogP contribution in [-0.2, 0) is 6.42 Å². The maximum atomic E-state index is 12.3. The van der Waals surface area contributed by atoms with Gasteiger partial charge in [0.15, 0.2) is 0 Å². The fraction of sp³-hybridized carbons (Fsp3) is 0.368. The van der Waals surface area contributed by atoms with Crippen molar-refractivity contribution in [1.82, 2.24) is 15.2 Å². The molecule has 0 unspecified atom stereocenters. The molecule has 6 heteroatoms. The summed E-state index contributed by atoms with van der Waals surface area (Å²) in [4.78, 5) is 18.5. The van der Waals surface area contributed by atoms with Gasteiger partial charge in [-0.05, 0) is 44.3 Å². The fourth-order valence-corrected chi connectivity index (χ4v) is 2.34. The average molecular weight is 342 g/mol. The van der Waals surface area contributed by atoms with E-state index in [1.807, 2.05) is 44.4 Å². The van der Waals surface area contributed by atoms with Gasteiger partial charge in [0.2, 0.25) is 0 Å². The Balaban J connectivity index is 1.83. The monoisotopic (exact) mass is 342 g/mol. The van der Waals surface area contributed by atoms with Crippen molar-refractivity contribution in [1.29, 1.82) is 0 Å². The minimum Gasteiger partial charge on any atom is -0.497 e. The lowest BCUT2D eigenvalue weighted by molar-refractivity contribution is 0.0954. The van der Waals surface area contributed by atoms with Gasteiger partial charge in [-0.1, -0.05) is 12.1 Å². The molecule has 1 aromatic carbocycles. The van der Waals surface area contributed by atoms with Crippen molar-refractivity contribution >= 4 is 11.6 Å². The van der Waals surface area contributed by atoms with E-state index in [0.717, 1.165) is 36.5 Å². The Kier molecular flexibility index (Phi) is 7.22. The Labute approximate surface area is 149 Å². The molecule has 6 nitrogen and oxygen atoms in total. The summed E-state index contributed by atoms with van der Waals surface area (Å²) in [5, 5.41) is 6.20. The summed E-state index contributed by atoms with van der Waals surface area (Å²) in [5.74, 6) is 0.705. The molecule has 2 N–H and O–H groups in total. The molecule has 0 aliphatic carbocycles. The molecule has 2 rings (SSSR count). The van der Waals surface area contributed by atoms with Crippen LogP contribution in [0.1, 0.15) is 15.9 Å². The molecule has 134 valence electrons. The smallest absolute Gasteiger partial charge is 0.252 e. The van der Waals surface area contributed by atoms with Gasteiger partial charge in [0, 0.05) is 32.0 Å². The van der Waals surface area contributed by atoms with Crippen molar-refractivity contribution in [3.8, 4) is 5.75 Å². The minimum atomic E-state index is -0.119. The van der Waals surface area contributed by atoms with E-state index >= 15 is 0 Å². The third kappa shape index (κ3) is 6.43. The topological polar surface area (TPSA) is 66.5 Å². The van der Waals surface area contributed by atoms with Crippen molar-refractivity contribution in [2.45, 2.75) is 6.42 Å². The summed E-state index contributed by atoms with van der Waals surface area (Å²) in [6.45, 7) is 2.27. The predicted octanol–water partition coefficient (Wildman–Crippen LogP) is 2.04. The third-order valence-electron chi connectivity index (χ3n) is 3.72. The maximum Gasteiger partial charge on any atom is 0.252 e. The SMILES string of the molecule is COc1cccc(CCNC(=O)c2cncc(NCCN(C)C)c2)c1. The largest absolute Gasteiger partial charge is 0.497 e. The van der Waals surface area contributed by atoms with E-state index in [4.69, 9.17) is 4.74 Å². The molecule has 0 aliphatic heterocycles. The van der Waals surface area contributed by atoms with E-state index in [2.05, 4.69) is 20.5 Å². The van der Waals surface area contributed by atoms with Gasteiger partial charge in [0.25, 0.3) is 5.91 Å². The van der Waals surface area contributed by atoms with Gasteiger partial charge in [-0.15, -0.1) is 0 Å². The standard InChI is InChI=1S/C19H26N4O2/c1-23(2)10-9-21-17-12-16(13-20-14-17)19(24)22-8-7-15-5-4-6-18(11-15)25-3/h4-6,11-14,21H,7-10H2,1-3H3,(H,22,24). The van der Waals surface area contributed by atoms with Gasteiger partial charge < -0.3 is 20.3 Å². The molecule has 0 saturated heterocycles. The van der Waals surface area contributed by atoms with E-state index in [1.165, 1.54) is 0 Å². The highest BCUT2D eigenvalue weighted by Crippen LogP contribution is 2.13. The molecule has 0 saturated carbocycles. The van der Waals surface area contributed by atoms with Crippen LogP contribution in [0.2, 0.25) is 0 Å². The molecular weight excluding hydrogens is 316 g/mol. The molecule has 1 amide bonds. The molecular formula is C19H26N4O2. The van der Waals surface area contributed by atoms with Crippen molar-refractivity contribution in [3.63, 3.8) is 0 Å². The lowest BCUT2D eigenvalue weighted by Crippen LogP contribution is -2.26. The van der Waals surface area contributed by atoms with Crippen LogP contribution in [-0.4, -0.2) is 56.6 Å². The number of likely N-dealkylation sites (N-methyl/N-ethyl adjacent to an activating group) is 1. The summed E-state index contributed by atoms with van der Waals surface area (Å²) in [5.41, 5.74) is 2.53. The van der Waals surface area contributed by atoms with Crippen molar-refractivity contribution in [2.24, 2.45) is 0 Å². The molecule has 0 atom stereocenters. The molecule has 1 aromatic heterocycles. The number of aromatic nitrogens is 1. The Morgan fingerprint density at radius 2 is 2.04 bits per heavy atom. The first-order valence-electron chi connectivity index (χ1n) is 8.33. The molecule has 0 aliphatic rings. The summed E-state index contributed by atoms with van der Waals surface area (Å²) >= 11 is 0. The molecule has 25 heavy (non-hydrogen) atoms. The number of benzene rings is 1. The quantitative estimate of drug-likeness (QED) is 0.730. The first-order valence-corrected chi connectivity index (χ1v) is 8.33. The highest BCUT2D eigenvalue weighted by atomic mass is 16.5. The van der Waals surface area contributed by atoms with Crippen LogP contribution in [0.15, 0.2) is 42.7 Å². The van der Waals surface area contributed by atoms with E-state index in [0.29, 0.717) is 12.1 Å². The normalized spacial score (nSPS) is 10.6. The van der Waals surface area contributed by atoms with Gasteiger partial charge in [-0.2, -0.15) is 0 Å². The molecule has 0 spiro atoms. The third-order valence-corrected chi connectivity index (χ3v) is 3.72. The molecule has 0 radical (unpaired) electrons. The van der Waals surface area contributed by atoms with E-state index in [1.54, 1.807) is 19.5 Å². The molecule has 1 heterocycles. The number of amides is 1. The second-order valence-electron chi connectivity index (χ2n) is 6.05. The second kappa shape index (κ2) is 9.64. The van der Waals surface area contributed by atoms with Gasteiger partial charge in [0.1, 0.15) is 5.75 Å². The summed E-state index contributed by atoms with van der Waals surface area (Å²) in [6.07, 6.45) is 4.05. The fourth-order valence-electron chi connectivity index (χ4n) is 2.34. The van der Waals surface area contributed by atoms with E-state index in [9.17, 15) is 4.79 Å². The van der Waals surface area contributed by atoms with Crippen molar-refractivity contribution in [2.75, 3.05) is 46.2 Å². The zero-order valence-corrected chi connectivity index (χ0v) is 15.1. The average Bonchev–Trinajstić information content (AvgIpc) is 2.62. The Bertz CT molecular complexity index is 689. The van der Waals surface area contributed by atoms with Crippen molar-refractivity contribution in [3.05, 3.63) is 53.9 Å². The number of anilines is 1. The molecule has 0 bridgehead atoms. The van der Waals surface area contributed by atoms with Gasteiger partial charge in [-0.25, -0.2) is 0 Å². The summed E-state index contributed by atoms with van der Waals surface area (Å²) in [7, 11) is 5.69. The lowest BCUT2D eigenvalue weighted by atomic mass is 10.1. The first kappa shape index (κ1) is 18.7. The van der Waals surface area contributed by atoms with Gasteiger partial charge >= 0.3 is 0 Å². The Morgan fingerprint density at radius 3 is 2.80 bits per heavy atom. The molecule has 0 fully saturated rings. The summed E-state index contributed by atoms with van der Waals surface area (Å²) in [6, 6.07) is 9.67. The lowest BCUT2D eigenvalue weighted by Gasteiger charge is -2.12. The Hall–Kier alpha value is -2.60. The van der Waals surface area contributed by atoms with Crippen LogP contribution in [0.4, 0.5) is 5.69 Å². The number of carbonyl (C=O) groups is 1. The molecule has 2 aromatic rings. The zero-order valence-electron chi connectivity index (χ0n) is 15.1. The number of hydrogen-bond donors (Lipinski definition) is 2. The zero-order chi connectivity index (χ0) is 18.1. The highest BCUT2D eigenvalue weighted by molar-refractivity contribution is 5.94. The second-order valence-corrected chi connectivity index (χ2v) is 6.05. The number of nitrogens with one attached hydrogen (secondary N) is 2. The number of pyridine rings is 1. The number of nitrogens with zero attached hydrogens (tertiary/aromatic N) is 2. The first-order chi connectivity index (χ1) is 12.1. The number of rotatable bonds is 9.